The molecule has 2 aromatic heterocycles. The highest BCUT2D eigenvalue weighted by molar-refractivity contribution is 6.03. The molecule has 8 rings (SSSR count). The molecule has 5 N–H and O–H groups in total. The van der Waals surface area contributed by atoms with Gasteiger partial charge in [0.2, 0.25) is 23.6 Å². The van der Waals surface area contributed by atoms with E-state index in [0.29, 0.717) is 17.2 Å². The summed E-state index contributed by atoms with van der Waals surface area (Å²) in [6.45, 7) is 7.30. The van der Waals surface area contributed by atoms with Gasteiger partial charge in [0.15, 0.2) is 23.4 Å². The molecule has 4 bridgehead atoms. The lowest BCUT2D eigenvalue weighted by Gasteiger charge is -2.29. The third kappa shape index (κ3) is 5.39. The van der Waals surface area contributed by atoms with E-state index in [4.69, 9.17) is 18.6 Å². The maximum absolute atomic E-state index is 14.1. The number of carbonyl (C=O) groups is 3. The predicted octanol–water partition coefficient (Wildman–Crippen LogP) is 4.93. The van der Waals surface area contributed by atoms with Gasteiger partial charge in [-0.05, 0) is 47.2 Å². The Kier molecular flexibility index (Phi) is 8.09. The Bertz CT molecular complexity index is 2190. The third-order valence-corrected chi connectivity index (χ3v) is 9.92. The van der Waals surface area contributed by atoms with Gasteiger partial charge in [0.05, 0.1) is 0 Å². The van der Waals surface area contributed by atoms with Crippen LogP contribution < -0.4 is 26.0 Å². The van der Waals surface area contributed by atoms with Crippen molar-refractivity contribution in [1.82, 2.24) is 20.6 Å². The van der Waals surface area contributed by atoms with Crippen LogP contribution in [0.3, 0.4) is 0 Å². The van der Waals surface area contributed by atoms with Crippen molar-refractivity contribution in [2.45, 2.75) is 63.9 Å². The average Bonchev–Trinajstić information content (AvgIpc) is 3.91. The molecule has 52 heavy (non-hydrogen) atoms. The van der Waals surface area contributed by atoms with Crippen molar-refractivity contribution in [2.75, 3.05) is 10.6 Å². The zero-order valence-corrected chi connectivity index (χ0v) is 29.0. The molecule has 13 heteroatoms. The van der Waals surface area contributed by atoms with Crippen LogP contribution >= 0.6 is 0 Å². The van der Waals surface area contributed by atoms with Crippen molar-refractivity contribution in [3.05, 3.63) is 113 Å². The summed E-state index contributed by atoms with van der Waals surface area (Å²) < 4.78 is 19.4. The highest BCUT2D eigenvalue weighted by Crippen LogP contribution is 2.59. The lowest BCUT2D eigenvalue weighted by atomic mass is 9.72. The van der Waals surface area contributed by atoms with Crippen molar-refractivity contribution in [2.24, 2.45) is 11.8 Å². The Hall–Kier alpha value is -5.95. The Morgan fingerprint density at radius 1 is 0.962 bits per heavy atom. The smallest absolute Gasteiger partial charge is 0.277 e. The lowest BCUT2D eigenvalue weighted by molar-refractivity contribution is -0.135. The number of para-hydroxylation sites is 2. The zero-order chi connectivity index (χ0) is 36.3. The van der Waals surface area contributed by atoms with E-state index in [-0.39, 0.29) is 41.4 Å². The number of rotatable bonds is 7. The summed E-state index contributed by atoms with van der Waals surface area (Å²) in [5, 5.41) is 22.7. The molecule has 5 atom stereocenters. The van der Waals surface area contributed by atoms with Gasteiger partial charge in [0, 0.05) is 23.4 Å². The molecule has 3 aliphatic heterocycles. The second-order valence-electron chi connectivity index (χ2n) is 14.1. The van der Waals surface area contributed by atoms with E-state index in [1.165, 1.54) is 6.26 Å². The zero-order valence-electron chi connectivity index (χ0n) is 29.0. The first-order valence-electron chi connectivity index (χ1n) is 17.3. The molecule has 0 radical (unpaired) electrons. The predicted molar refractivity (Wildman–Crippen MR) is 189 cm³/mol. The minimum absolute atomic E-state index is 0.0347. The van der Waals surface area contributed by atoms with E-state index >= 15 is 0 Å². The maximum atomic E-state index is 14.1. The molecule has 5 heterocycles. The fourth-order valence-corrected chi connectivity index (χ4v) is 7.21. The number of oxazole rings is 2. The number of fused-ring (bicyclic) bond motifs is 4. The second kappa shape index (κ2) is 12.7. The summed E-state index contributed by atoms with van der Waals surface area (Å²) in [7, 11) is 0. The Balaban J connectivity index is 1.31. The van der Waals surface area contributed by atoms with Crippen molar-refractivity contribution in [3.63, 3.8) is 0 Å². The molecule has 3 aliphatic rings. The number of hydrogen-bond acceptors (Lipinski definition) is 10. The summed E-state index contributed by atoms with van der Waals surface area (Å²) in [4.78, 5) is 50.0. The molecule has 266 valence electrons. The molecular formula is C39H38N6O7. The first-order chi connectivity index (χ1) is 25.0. The molecule has 1 spiro atoms. The summed E-state index contributed by atoms with van der Waals surface area (Å²) in [6.07, 6.45) is -0.564. The summed E-state index contributed by atoms with van der Waals surface area (Å²) in [5.74, 6) is -0.993. The van der Waals surface area contributed by atoms with Gasteiger partial charge in [-0.15, -0.1) is 0 Å². The molecule has 5 aromatic rings. The van der Waals surface area contributed by atoms with Crippen molar-refractivity contribution in [1.29, 1.82) is 0 Å². The highest BCUT2D eigenvalue weighted by atomic mass is 16.5. The highest BCUT2D eigenvalue weighted by Gasteiger charge is 2.61. The largest absolute Gasteiger partial charge is 0.469 e. The molecule has 0 aliphatic carbocycles. The molecule has 0 saturated heterocycles. The number of amides is 3. The van der Waals surface area contributed by atoms with Gasteiger partial charge in [0.25, 0.3) is 5.91 Å². The number of aromatic nitrogens is 2. The number of nitrogens with zero attached hydrogens (tertiary/aromatic N) is 2. The van der Waals surface area contributed by atoms with Gasteiger partial charge in [-0.3, -0.25) is 14.4 Å². The maximum Gasteiger partial charge on any atom is 0.277 e. The number of hydrogen-bond donors (Lipinski definition) is 5. The van der Waals surface area contributed by atoms with Gasteiger partial charge < -0.3 is 39.9 Å². The van der Waals surface area contributed by atoms with E-state index in [1.54, 1.807) is 26.0 Å². The monoisotopic (exact) mass is 702 g/mol. The fourth-order valence-electron chi connectivity index (χ4n) is 7.21. The number of aliphatic hydroxyl groups is 1. The van der Waals surface area contributed by atoms with Crippen LogP contribution in [-0.4, -0.2) is 51.2 Å². The first-order valence-corrected chi connectivity index (χ1v) is 17.3. The lowest BCUT2D eigenvalue weighted by Crippen LogP contribution is -2.52. The van der Waals surface area contributed by atoms with Gasteiger partial charge in [0.1, 0.15) is 35.6 Å². The molecule has 1 unspecified atom stereocenters. The second-order valence-corrected chi connectivity index (χ2v) is 14.1. The van der Waals surface area contributed by atoms with E-state index in [0.717, 1.165) is 22.4 Å². The number of ether oxygens (including phenoxy) is 1. The van der Waals surface area contributed by atoms with Crippen LogP contribution in [0.15, 0.2) is 87.9 Å². The molecule has 0 saturated carbocycles. The Morgan fingerprint density at radius 3 is 2.50 bits per heavy atom. The van der Waals surface area contributed by atoms with Crippen molar-refractivity contribution in [3.8, 4) is 17.3 Å². The molecule has 3 amide bonds. The SMILES string of the molecule is CC(C)[C@H](O)C(=O)N[C@H]1Cc2ccc3c(c2)C2(c4ccccc4N[C@H]2O3)c2oc(nc2-c2nc(C(=O)Nc3ccccc3)co2)[C@H](C(C)C)NC1=O. The number of aliphatic hydroxyl groups excluding tert-OH is 1. The Morgan fingerprint density at radius 2 is 1.73 bits per heavy atom. The average molecular weight is 703 g/mol. The first kappa shape index (κ1) is 33.2. The normalized spacial score (nSPS) is 21.9. The van der Waals surface area contributed by atoms with Gasteiger partial charge in [-0.2, -0.15) is 0 Å². The summed E-state index contributed by atoms with van der Waals surface area (Å²) in [5.41, 5.74) is 2.94. The number of carbonyl (C=O) groups excluding carboxylic acids is 3. The van der Waals surface area contributed by atoms with Crippen LogP contribution in [0, 0.1) is 11.8 Å². The van der Waals surface area contributed by atoms with Crippen LogP contribution in [0.2, 0.25) is 0 Å². The summed E-state index contributed by atoms with van der Waals surface area (Å²) >= 11 is 0. The minimum atomic E-state index is -1.30. The van der Waals surface area contributed by atoms with Crippen LogP contribution in [0.4, 0.5) is 11.4 Å². The van der Waals surface area contributed by atoms with Gasteiger partial charge in [-0.25, -0.2) is 9.97 Å². The number of anilines is 2. The quantitative estimate of drug-likeness (QED) is 0.156. The van der Waals surface area contributed by atoms with E-state index in [2.05, 4.69) is 26.3 Å². The number of nitrogens with one attached hydrogen (secondary N) is 4. The Labute approximate surface area is 299 Å². The fraction of sp³-hybridized carbons (Fsp3) is 0.308. The van der Waals surface area contributed by atoms with E-state index < -0.39 is 47.6 Å². The summed E-state index contributed by atoms with van der Waals surface area (Å²) in [6, 6.07) is 20.7. The van der Waals surface area contributed by atoms with Gasteiger partial charge >= 0.3 is 0 Å². The topological polar surface area (TPSA) is 181 Å². The van der Waals surface area contributed by atoms with Crippen LogP contribution in [-0.2, 0) is 21.4 Å². The van der Waals surface area contributed by atoms with Crippen LogP contribution in [0.1, 0.15) is 72.6 Å². The van der Waals surface area contributed by atoms with E-state index in [1.807, 2.05) is 74.5 Å². The third-order valence-electron chi connectivity index (χ3n) is 9.92. The van der Waals surface area contributed by atoms with Crippen molar-refractivity contribution < 1.29 is 33.1 Å². The molecule has 13 nitrogen and oxygen atoms in total. The molecular weight excluding hydrogens is 664 g/mol. The molecule has 0 fully saturated rings. The standard InChI is InChI=1S/C39H38N6O7/c1-19(2)29-37-45-30(36-42-27(18-50-36)34(48)40-22-10-6-5-7-11-22)32(52-37)39-23-12-8-9-13-25(23)43-38(39)51-28-15-14-21(16-24(28)39)17-26(33(47)44-29)41-35(49)31(46)20(3)4/h5-16,18-20,26,29,31,38,43,46H,17H2,1-4H3,(H,40,48)(H,41,49)(H,44,47)/t26-,29-,31-,38-,39?/m0/s1. The minimum Gasteiger partial charge on any atom is -0.469 e. The molecule has 3 aromatic carbocycles. The van der Waals surface area contributed by atoms with Crippen molar-refractivity contribution >= 4 is 29.1 Å². The number of benzene rings is 3. The van der Waals surface area contributed by atoms with E-state index in [9.17, 15) is 19.5 Å². The van der Waals surface area contributed by atoms with Gasteiger partial charge in [-0.1, -0.05) is 76.2 Å². The van der Waals surface area contributed by atoms with Crippen LogP contribution in [0.25, 0.3) is 11.6 Å². The van der Waals surface area contributed by atoms with Crippen LogP contribution in [0.5, 0.6) is 5.75 Å².